The molecular weight excluding hydrogens is 205 g/mol. The van der Waals surface area contributed by atoms with Crippen LogP contribution in [0.15, 0.2) is 0 Å². The minimum Gasteiger partial charge on any atom is -0.365 e. The van der Waals surface area contributed by atoms with Crippen molar-refractivity contribution in [2.24, 2.45) is 5.73 Å². The number of carbonyl (C=O) groups is 1. The van der Waals surface area contributed by atoms with Gasteiger partial charge < -0.3 is 10.2 Å². The Morgan fingerprint density at radius 1 is 1.50 bits per heavy atom. The van der Waals surface area contributed by atoms with Crippen molar-refractivity contribution in [1.82, 2.24) is 0 Å². The monoisotopic (exact) mass is 220 g/mol. The molecule has 3 nitrogen and oxygen atoms in total. The summed E-state index contributed by atoms with van der Waals surface area (Å²) < 4.78 is 0.676. The van der Waals surface area contributed by atoms with Crippen LogP contribution < -0.4 is 5.73 Å². The second-order valence-corrected chi connectivity index (χ2v) is 2.88. The summed E-state index contributed by atoms with van der Waals surface area (Å²) in [5.41, 5.74) is 5.00. The van der Waals surface area contributed by atoms with Crippen molar-refractivity contribution >= 4 is 5.91 Å². The largest absolute Gasteiger partial charge is 0.365 e. The van der Waals surface area contributed by atoms with E-state index >= 15 is 0 Å². The predicted octanol–water partition coefficient (Wildman–Crippen LogP) is -0.434. The molecule has 2 N–H and O–H groups in total. The van der Waals surface area contributed by atoms with Crippen molar-refractivity contribution in [3.63, 3.8) is 0 Å². The number of quaternary nitrogens is 1. The van der Waals surface area contributed by atoms with E-state index in [2.05, 4.69) is 0 Å². The van der Waals surface area contributed by atoms with Crippen LogP contribution in [0, 0.1) is 0 Å². The molecule has 0 rings (SSSR count). The third kappa shape index (κ3) is 6.65. The van der Waals surface area contributed by atoms with Gasteiger partial charge in [-0.15, -0.1) is 0 Å². The molecule has 57 valence electrons. The van der Waals surface area contributed by atoms with E-state index < -0.39 is 0 Å². The molecule has 0 aliphatic rings. The Kier molecular flexibility index (Phi) is 6.86. The number of likely N-dealkylation sites (N-methyl/N-ethyl adjacent to an activating group) is 1. The van der Waals surface area contributed by atoms with Gasteiger partial charge in [0.2, 0.25) is 0 Å². The van der Waals surface area contributed by atoms with E-state index in [-0.39, 0.29) is 38.6 Å². The Morgan fingerprint density at radius 2 is 1.90 bits per heavy atom. The molecule has 0 saturated carbocycles. The molecule has 0 aliphatic heterocycles. The van der Waals surface area contributed by atoms with E-state index in [0.29, 0.717) is 11.0 Å². The first-order chi connectivity index (χ1) is 3.98. The van der Waals surface area contributed by atoms with Crippen molar-refractivity contribution in [1.29, 1.82) is 0 Å². The molecule has 10 heavy (non-hydrogen) atoms. The van der Waals surface area contributed by atoms with Gasteiger partial charge in [0.15, 0.2) is 6.54 Å². The summed E-state index contributed by atoms with van der Waals surface area (Å²) in [6.45, 7) is 3.39. The fourth-order valence-electron chi connectivity index (χ4n) is 0.534. The van der Waals surface area contributed by atoms with Crippen LogP contribution in [0.3, 0.4) is 0 Å². The average molecular weight is 220 g/mol. The average Bonchev–Trinajstić information content (AvgIpc) is 1.63. The van der Waals surface area contributed by atoms with Gasteiger partial charge in [0, 0.05) is 32.7 Å². The molecule has 0 aliphatic carbocycles. The Labute approximate surface area is 87.4 Å². The first-order valence-corrected chi connectivity index (χ1v) is 3.08. The minimum atomic E-state index is -0.234. The number of hydrogen-bond donors (Lipinski definition) is 1. The third-order valence-electron chi connectivity index (χ3n) is 1.44. The van der Waals surface area contributed by atoms with Gasteiger partial charge in [-0.3, -0.25) is 4.79 Å². The summed E-state index contributed by atoms with van der Waals surface area (Å²) >= 11 is 0. The van der Waals surface area contributed by atoms with E-state index in [1.54, 1.807) is 0 Å². The van der Waals surface area contributed by atoms with Crippen molar-refractivity contribution in [3.05, 3.63) is 0 Å². The van der Waals surface area contributed by atoms with Gasteiger partial charge >= 0.3 is 0 Å². The SMILES string of the molecule is CC[N+](C)(C)CC(N)=O.[Y]. The Morgan fingerprint density at radius 3 is 2.00 bits per heavy atom. The fraction of sp³-hybridized carbons (Fsp3) is 0.833. The van der Waals surface area contributed by atoms with Crippen molar-refractivity contribution < 1.29 is 42.0 Å². The van der Waals surface area contributed by atoms with E-state index in [0.717, 1.165) is 6.54 Å². The van der Waals surface area contributed by atoms with E-state index in [4.69, 9.17) is 5.73 Å². The van der Waals surface area contributed by atoms with Gasteiger partial charge in [-0.2, -0.15) is 0 Å². The molecule has 0 saturated heterocycles. The summed E-state index contributed by atoms with van der Waals surface area (Å²) in [5, 5.41) is 0. The van der Waals surface area contributed by atoms with Crippen LogP contribution in [0.5, 0.6) is 0 Å². The van der Waals surface area contributed by atoms with Crippen LogP contribution in [-0.4, -0.2) is 37.6 Å². The standard InChI is InChI=1S/C6H14N2O.Y/c1-4-8(2,3)5-6(7)9;/h4-5H2,1-3H3,(H-,7,9);/p+1. The van der Waals surface area contributed by atoms with Crippen LogP contribution >= 0.6 is 0 Å². The zero-order valence-corrected chi connectivity index (χ0v) is 9.76. The maximum atomic E-state index is 10.4. The maximum absolute atomic E-state index is 10.4. The summed E-state index contributed by atoms with van der Waals surface area (Å²) in [5.74, 6) is -0.234. The van der Waals surface area contributed by atoms with E-state index in [1.807, 2.05) is 21.0 Å². The third-order valence-corrected chi connectivity index (χ3v) is 1.44. The quantitative estimate of drug-likeness (QED) is 0.644. The summed E-state index contributed by atoms with van der Waals surface area (Å²) in [4.78, 5) is 10.4. The molecule has 1 radical (unpaired) electrons. The second kappa shape index (κ2) is 5.22. The number of primary amides is 1. The van der Waals surface area contributed by atoms with Gasteiger partial charge in [-0.1, -0.05) is 0 Å². The molecule has 0 heterocycles. The van der Waals surface area contributed by atoms with E-state index in [1.165, 1.54) is 0 Å². The van der Waals surface area contributed by atoms with Crippen LogP contribution in [0.4, 0.5) is 0 Å². The van der Waals surface area contributed by atoms with Crippen LogP contribution in [-0.2, 0) is 37.5 Å². The summed E-state index contributed by atoms with van der Waals surface area (Å²) in [7, 11) is 3.95. The molecule has 0 bridgehead atoms. The predicted molar refractivity (Wildman–Crippen MR) is 36.7 cm³/mol. The number of nitrogens with zero attached hydrogens (tertiary/aromatic N) is 1. The number of rotatable bonds is 3. The van der Waals surface area contributed by atoms with Gasteiger partial charge in [-0.05, 0) is 6.92 Å². The normalized spacial score (nSPS) is 10.3. The van der Waals surface area contributed by atoms with Crippen molar-refractivity contribution in [3.8, 4) is 0 Å². The molecule has 4 heteroatoms. The Hall–Kier alpha value is 0.534. The zero-order valence-electron chi connectivity index (χ0n) is 6.92. The van der Waals surface area contributed by atoms with Gasteiger partial charge in [-0.25, -0.2) is 0 Å². The first kappa shape index (κ1) is 13.1. The number of carbonyl (C=O) groups excluding carboxylic acids is 1. The minimum absolute atomic E-state index is 0. The van der Waals surface area contributed by atoms with Crippen molar-refractivity contribution in [2.45, 2.75) is 6.92 Å². The number of nitrogens with two attached hydrogens (primary N) is 1. The van der Waals surface area contributed by atoms with Crippen LogP contribution in [0.1, 0.15) is 6.92 Å². The van der Waals surface area contributed by atoms with Gasteiger partial charge in [0.1, 0.15) is 0 Å². The maximum Gasteiger partial charge on any atom is 0.272 e. The second-order valence-electron chi connectivity index (χ2n) is 2.88. The molecule has 0 atom stereocenters. The zero-order chi connectivity index (χ0) is 7.49. The molecule has 0 aromatic rings. The van der Waals surface area contributed by atoms with Crippen LogP contribution in [0.25, 0.3) is 0 Å². The fourth-order valence-corrected chi connectivity index (χ4v) is 0.534. The van der Waals surface area contributed by atoms with Gasteiger partial charge in [0.25, 0.3) is 5.91 Å². The molecule has 0 aromatic carbocycles. The molecular formula is C6H15N2OY+. The molecule has 0 spiro atoms. The summed E-state index contributed by atoms with van der Waals surface area (Å²) in [6.07, 6.45) is 0. The number of amides is 1. The molecule has 1 amide bonds. The molecule has 0 unspecified atom stereocenters. The van der Waals surface area contributed by atoms with Gasteiger partial charge in [0.05, 0.1) is 20.6 Å². The van der Waals surface area contributed by atoms with E-state index in [9.17, 15) is 4.79 Å². The molecule has 0 aromatic heterocycles. The Bertz CT molecular complexity index is 114. The van der Waals surface area contributed by atoms with Crippen molar-refractivity contribution in [2.75, 3.05) is 27.2 Å². The number of hydrogen-bond acceptors (Lipinski definition) is 1. The topological polar surface area (TPSA) is 43.1 Å². The first-order valence-electron chi connectivity index (χ1n) is 3.08. The Balaban J connectivity index is 0. The smallest absolute Gasteiger partial charge is 0.272 e. The summed E-state index contributed by atoms with van der Waals surface area (Å²) in [6, 6.07) is 0. The van der Waals surface area contributed by atoms with Crippen LogP contribution in [0.2, 0.25) is 0 Å². The molecule has 0 fully saturated rings.